The predicted molar refractivity (Wildman–Crippen MR) is 134 cm³/mol. The maximum Gasteiger partial charge on any atom is 0.323 e. The lowest BCUT2D eigenvalue weighted by Gasteiger charge is -2.20. The summed E-state index contributed by atoms with van der Waals surface area (Å²) in [6.45, 7) is 4.98. The van der Waals surface area contributed by atoms with Crippen LogP contribution >= 0.6 is 23.8 Å². The number of ether oxygens (including phenoxy) is 3. The van der Waals surface area contributed by atoms with E-state index in [1.165, 1.54) is 0 Å². The molecule has 3 rings (SSSR count). The van der Waals surface area contributed by atoms with Gasteiger partial charge in [0, 0.05) is 36.4 Å². The van der Waals surface area contributed by atoms with Crippen molar-refractivity contribution in [1.82, 2.24) is 15.2 Å². The third-order valence-electron chi connectivity index (χ3n) is 4.89. The van der Waals surface area contributed by atoms with Gasteiger partial charge in [0.15, 0.2) is 16.6 Å². The molecule has 0 atom stereocenters. The highest BCUT2D eigenvalue weighted by Gasteiger charge is 2.14. The zero-order valence-electron chi connectivity index (χ0n) is 18.8. The molecule has 8 nitrogen and oxygen atoms in total. The van der Waals surface area contributed by atoms with Gasteiger partial charge in [-0.1, -0.05) is 11.6 Å². The number of methoxy groups -OCH3 is 2. The number of halogens is 1. The number of thiocarbonyl (C=S) groups is 1. The molecular weight excluding hydrogens is 464 g/mol. The van der Waals surface area contributed by atoms with Gasteiger partial charge in [-0.2, -0.15) is 0 Å². The van der Waals surface area contributed by atoms with Crippen molar-refractivity contribution in [2.75, 3.05) is 32.6 Å². The standard InChI is InChI=1S/C23H25ClN4O4S/c1-5-28(6-2)23(29)27-22(33)26-14-7-8-19(16(24)11-14)32-18-9-10-25-17-13-21(31-4)20(30-3)12-15(17)18/h7-13H,5-6H2,1-4H3,(H2,26,27,29,33). The molecule has 0 fully saturated rings. The number of amides is 2. The minimum Gasteiger partial charge on any atom is -0.493 e. The van der Waals surface area contributed by atoms with Gasteiger partial charge in [-0.25, -0.2) is 4.79 Å². The van der Waals surface area contributed by atoms with Gasteiger partial charge in [0.05, 0.1) is 24.8 Å². The van der Waals surface area contributed by atoms with E-state index in [-0.39, 0.29) is 11.1 Å². The molecule has 0 aliphatic heterocycles. The van der Waals surface area contributed by atoms with E-state index in [0.717, 1.165) is 5.39 Å². The SMILES string of the molecule is CCN(CC)C(=O)NC(=S)Nc1ccc(Oc2ccnc3cc(OC)c(OC)cc23)c(Cl)c1. The molecule has 0 aliphatic rings. The first-order valence-corrected chi connectivity index (χ1v) is 11.0. The van der Waals surface area contributed by atoms with Gasteiger partial charge in [0.1, 0.15) is 11.5 Å². The lowest BCUT2D eigenvalue weighted by Crippen LogP contribution is -2.44. The molecule has 33 heavy (non-hydrogen) atoms. The fourth-order valence-corrected chi connectivity index (χ4v) is 3.59. The number of hydrogen-bond donors (Lipinski definition) is 2. The van der Waals surface area contributed by atoms with Crippen molar-refractivity contribution >= 4 is 51.6 Å². The van der Waals surface area contributed by atoms with Crippen LogP contribution in [0.15, 0.2) is 42.6 Å². The number of pyridine rings is 1. The fraction of sp³-hybridized carbons (Fsp3) is 0.261. The van der Waals surface area contributed by atoms with Crippen LogP contribution < -0.4 is 24.8 Å². The average Bonchev–Trinajstić information content (AvgIpc) is 2.80. The molecule has 2 aromatic carbocycles. The summed E-state index contributed by atoms with van der Waals surface area (Å²) < 4.78 is 16.8. The van der Waals surface area contributed by atoms with Crippen LogP contribution in [-0.2, 0) is 0 Å². The molecule has 0 radical (unpaired) electrons. The number of hydrogen-bond acceptors (Lipinski definition) is 6. The zero-order valence-corrected chi connectivity index (χ0v) is 20.3. The molecule has 0 spiro atoms. The highest BCUT2D eigenvalue weighted by molar-refractivity contribution is 7.80. The Labute approximate surface area is 202 Å². The smallest absolute Gasteiger partial charge is 0.323 e. The Balaban J connectivity index is 1.78. The van der Waals surface area contributed by atoms with E-state index in [0.29, 0.717) is 52.3 Å². The molecule has 0 bridgehead atoms. The first-order valence-electron chi connectivity index (χ1n) is 10.2. The number of aromatic nitrogens is 1. The summed E-state index contributed by atoms with van der Waals surface area (Å²) in [6, 6.07) is 10.2. The van der Waals surface area contributed by atoms with Crippen LogP contribution in [0, 0.1) is 0 Å². The number of benzene rings is 2. The zero-order chi connectivity index (χ0) is 24.0. The van der Waals surface area contributed by atoms with Crippen molar-refractivity contribution in [3.05, 3.63) is 47.6 Å². The molecule has 10 heteroatoms. The summed E-state index contributed by atoms with van der Waals surface area (Å²) in [5, 5.41) is 6.89. The maximum absolute atomic E-state index is 12.1. The Morgan fingerprint density at radius 1 is 1.03 bits per heavy atom. The second-order valence-corrected chi connectivity index (χ2v) is 7.65. The molecule has 1 heterocycles. The molecule has 0 aliphatic carbocycles. The van der Waals surface area contributed by atoms with Crippen molar-refractivity contribution in [3.8, 4) is 23.0 Å². The number of carbonyl (C=O) groups excluding carboxylic acids is 1. The van der Waals surface area contributed by atoms with Gasteiger partial charge in [-0.05, 0) is 56.4 Å². The van der Waals surface area contributed by atoms with Gasteiger partial charge < -0.3 is 24.4 Å². The topological polar surface area (TPSA) is 85.0 Å². The third kappa shape index (κ3) is 5.74. The number of nitrogens with one attached hydrogen (secondary N) is 2. The van der Waals surface area contributed by atoms with E-state index in [4.69, 9.17) is 38.0 Å². The van der Waals surface area contributed by atoms with Crippen molar-refractivity contribution in [3.63, 3.8) is 0 Å². The fourth-order valence-electron chi connectivity index (χ4n) is 3.17. The average molecular weight is 489 g/mol. The van der Waals surface area contributed by atoms with E-state index in [1.807, 2.05) is 13.8 Å². The van der Waals surface area contributed by atoms with Crippen LogP contribution in [0.25, 0.3) is 10.9 Å². The molecule has 2 N–H and O–H groups in total. The molecule has 2 amide bonds. The van der Waals surface area contributed by atoms with E-state index < -0.39 is 0 Å². The van der Waals surface area contributed by atoms with Crippen LogP contribution in [0.3, 0.4) is 0 Å². The van der Waals surface area contributed by atoms with E-state index in [9.17, 15) is 4.79 Å². The highest BCUT2D eigenvalue weighted by Crippen LogP contribution is 2.38. The Morgan fingerprint density at radius 3 is 2.36 bits per heavy atom. The van der Waals surface area contributed by atoms with Gasteiger partial charge in [-0.15, -0.1) is 0 Å². The maximum atomic E-state index is 12.1. The summed E-state index contributed by atoms with van der Waals surface area (Å²) in [5.41, 5.74) is 1.30. The number of rotatable bonds is 7. The predicted octanol–water partition coefficient (Wildman–Crippen LogP) is 5.45. The quantitative estimate of drug-likeness (QED) is 0.428. The normalized spacial score (nSPS) is 10.5. The Kier molecular flexibility index (Phi) is 8.13. The Bertz CT molecular complexity index is 1170. The first kappa shape index (κ1) is 24.3. The second kappa shape index (κ2) is 11.0. The summed E-state index contributed by atoms with van der Waals surface area (Å²) >= 11 is 11.7. The van der Waals surface area contributed by atoms with E-state index in [1.54, 1.807) is 61.7 Å². The Hall–Kier alpha value is -3.30. The van der Waals surface area contributed by atoms with Crippen LogP contribution in [0.2, 0.25) is 5.02 Å². The summed E-state index contributed by atoms with van der Waals surface area (Å²) in [7, 11) is 3.14. The lowest BCUT2D eigenvalue weighted by atomic mass is 10.2. The van der Waals surface area contributed by atoms with E-state index >= 15 is 0 Å². The minimum absolute atomic E-state index is 0.179. The largest absolute Gasteiger partial charge is 0.493 e. The van der Waals surface area contributed by atoms with Gasteiger partial charge in [0.25, 0.3) is 0 Å². The first-order chi connectivity index (χ1) is 15.9. The lowest BCUT2D eigenvalue weighted by molar-refractivity contribution is 0.208. The van der Waals surface area contributed by atoms with Gasteiger partial charge in [-0.3, -0.25) is 10.3 Å². The van der Waals surface area contributed by atoms with Gasteiger partial charge in [0.2, 0.25) is 0 Å². The molecule has 1 aromatic heterocycles. The van der Waals surface area contributed by atoms with Crippen molar-refractivity contribution in [2.45, 2.75) is 13.8 Å². The second-order valence-electron chi connectivity index (χ2n) is 6.84. The highest BCUT2D eigenvalue weighted by atomic mass is 35.5. The van der Waals surface area contributed by atoms with Crippen molar-refractivity contribution in [1.29, 1.82) is 0 Å². The van der Waals surface area contributed by atoms with Crippen LogP contribution in [0.1, 0.15) is 13.8 Å². The molecule has 3 aromatic rings. The number of urea groups is 1. The van der Waals surface area contributed by atoms with Crippen molar-refractivity contribution in [2.24, 2.45) is 0 Å². The molecule has 0 saturated carbocycles. The number of carbonyl (C=O) groups is 1. The van der Waals surface area contributed by atoms with Crippen LogP contribution in [0.4, 0.5) is 10.5 Å². The van der Waals surface area contributed by atoms with Crippen molar-refractivity contribution < 1.29 is 19.0 Å². The summed E-state index contributed by atoms with van der Waals surface area (Å²) in [4.78, 5) is 18.1. The van der Waals surface area contributed by atoms with Gasteiger partial charge >= 0.3 is 6.03 Å². The van der Waals surface area contributed by atoms with E-state index in [2.05, 4.69) is 15.6 Å². The molecular formula is C23H25ClN4O4S. The minimum atomic E-state index is -0.264. The monoisotopic (exact) mass is 488 g/mol. The molecule has 0 saturated heterocycles. The number of fused-ring (bicyclic) bond motifs is 1. The summed E-state index contributed by atoms with van der Waals surface area (Å²) in [6.07, 6.45) is 1.64. The Morgan fingerprint density at radius 2 is 1.73 bits per heavy atom. The third-order valence-corrected chi connectivity index (χ3v) is 5.39. The summed E-state index contributed by atoms with van der Waals surface area (Å²) in [5.74, 6) is 2.15. The number of nitrogens with zero attached hydrogens (tertiary/aromatic N) is 2. The molecule has 174 valence electrons. The van der Waals surface area contributed by atoms with Crippen LogP contribution in [0.5, 0.6) is 23.0 Å². The van der Waals surface area contributed by atoms with Crippen LogP contribution in [-0.4, -0.2) is 48.3 Å². The molecule has 0 unspecified atom stereocenters. The number of anilines is 1.